The molecule has 41 heavy (non-hydrogen) atoms. The fourth-order valence-electron chi connectivity index (χ4n) is 5.34. The molecule has 0 amide bonds. The number of aliphatic hydroxyl groups is 1. The molecule has 4 aromatic rings. The number of carbonyl (C=O) groups is 1. The Balaban J connectivity index is 1.19. The van der Waals surface area contributed by atoms with Crippen LogP contribution in [0, 0.1) is 19.7 Å². The van der Waals surface area contributed by atoms with Crippen LogP contribution in [0.15, 0.2) is 47.1 Å². The maximum atomic E-state index is 14.4. The van der Waals surface area contributed by atoms with E-state index in [1.165, 1.54) is 4.90 Å². The Morgan fingerprint density at radius 1 is 1.17 bits per heavy atom. The number of benzene rings is 2. The van der Waals surface area contributed by atoms with Gasteiger partial charge in [0.05, 0.1) is 34.3 Å². The van der Waals surface area contributed by atoms with Crippen LogP contribution in [0.1, 0.15) is 57.1 Å². The van der Waals surface area contributed by atoms with Crippen molar-refractivity contribution in [3.8, 4) is 17.0 Å². The van der Waals surface area contributed by atoms with Gasteiger partial charge < -0.3 is 24.4 Å². The van der Waals surface area contributed by atoms with Gasteiger partial charge in [-0.15, -0.1) is 0 Å². The van der Waals surface area contributed by atoms with Gasteiger partial charge in [-0.1, -0.05) is 40.5 Å². The summed E-state index contributed by atoms with van der Waals surface area (Å²) in [5.74, 6) is -0.467. The Morgan fingerprint density at radius 3 is 2.56 bits per heavy atom. The normalized spacial score (nSPS) is 16.0. The fourth-order valence-corrected chi connectivity index (χ4v) is 6.10. The summed E-state index contributed by atoms with van der Waals surface area (Å²) in [5.41, 5.74) is 3.27. The van der Waals surface area contributed by atoms with E-state index in [0.29, 0.717) is 33.0 Å². The van der Waals surface area contributed by atoms with E-state index in [4.69, 9.17) is 37.6 Å². The minimum Gasteiger partial charge on any atom is -0.489 e. The maximum Gasteiger partial charge on any atom is 0.337 e. The topological polar surface area (TPSA) is 109 Å². The van der Waals surface area contributed by atoms with Gasteiger partial charge in [0.25, 0.3) is 0 Å². The molecule has 212 valence electrons. The van der Waals surface area contributed by atoms with Gasteiger partial charge in [-0.3, -0.25) is 0 Å². The second-order valence-corrected chi connectivity index (χ2v) is 11.6. The van der Waals surface area contributed by atoms with Gasteiger partial charge >= 0.3 is 5.97 Å². The Kier molecular flexibility index (Phi) is 6.92. The van der Waals surface area contributed by atoms with Crippen molar-refractivity contribution in [3.63, 3.8) is 0 Å². The molecule has 2 aliphatic rings. The minimum absolute atomic E-state index is 0.0318. The third-order valence-electron chi connectivity index (χ3n) is 7.53. The van der Waals surface area contributed by atoms with E-state index in [9.17, 15) is 14.3 Å². The molecule has 11 heteroatoms. The summed E-state index contributed by atoms with van der Waals surface area (Å²) < 4.78 is 26.4. The molecule has 2 aromatic heterocycles. The van der Waals surface area contributed by atoms with Crippen LogP contribution in [0.25, 0.3) is 11.3 Å². The van der Waals surface area contributed by atoms with E-state index in [1.807, 2.05) is 19.9 Å². The lowest BCUT2D eigenvalue weighted by Gasteiger charge is -2.47. The molecule has 0 unspecified atom stereocenters. The molecule has 0 bridgehead atoms. The smallest absolute Gasteiger partial charge is 0.337 e. The number of ether oxygens (including phenoxy) is 1. The number of aromatic nitrogens is 2. The zero-order valence-corrected chi connectivity index (χ0v) is 23.8. The number of halogens is 3. The summed E-state index contributed by atoms with van der Waals surface area (Å²) in [6, 6.07) is 9.90. The van der Waals surface area contributed by atoms with Gasteiger partial charge in [-0.2, -0.15) is 0 Å². The molecular weight excluding hydrogens is 572 g/mol. The van der Waals surface area contributed by atoms with Crippen LogP contribution in [0.5, 0.6) is 5.75 Å². The van der Waals surface area contributed by atoms with Gasteiger partial charge in [-0.05, 0) is 62.1 Å². The second-order valence-electron chi connectivity index (χ2n) is 10.7. The Hall–Kier alpha value is -3.66. The Labute approximate surface area is 245 Å². The SMILES string of the molecule is Cc1cc(C)c(-c2noc(C3CC3)c2COc2ccc(C3(O)CN(c4ncc(C(=O)O)cc4F)C3)c(Cl)c2)c(Cl)c1. The molecule has 2 aromatic carbocycles. The van der Waals surface area contributed by atoms with Crippen molar-refractivity contribution in [3.05, 3.63) is 92.0 Å². The Bertz CT molecular complexity index is 1660. The zero-order chi connectivity index (χ0) is 29.1. The quantitative estimate of drug-likeness (QED) is 0.232. The number of aromatic carboxylic acids is 1. The summed E-state index contributed by atoms with van der Waals surface area (Å²) >= 11 is 13.2. The highest BCUT2D eigenvalue weighted by Gasteiger charge is 2.45. The summed E-state index contributed by atoms with van der Waals surface area (Å²) in [4.78, 5) is 16.5. The number of carboxylic acids is 1. The van der Waals surface area contributed by atoms with Crippen molar-refractivity contribution < 1.29 is 28.7 Å². The van der Waals surface area contributed by atoms with E-state index in [2.05, 4.69) is 16.2 Å². The van der Waals surface area contributed by atoms with Crippen molar-refractivity contribution in [2.45, 2.75) is 44.8 Å². The van der Waals surface area contributed by atoms with Crippen molar-refractivity contribution in [2.75, 3.05) is 18.0 Å². The van der Waals surface area contributed by atoms with Crippen LogP contribution in [-0.2, 0) is 12.2 Å². The number of β-amino-alcohol motifs (C(OH)–C–C–N with tert-alkyl or cyclic N) is 1. The third kappa shape index (κ3) is 5.14. The molecule has 2 N–H and O–H groups in total. The largest absolute Gasteiger partial charge is 0.489 e. The summed E-state index contributed by atoms with van der Waals surface area (Å²) in [6.45, 7) is 4.25. The predicted molar refractivity (Wildman–Crippen MR) is 151 cm³/mol. The average molecular weight is 598 g/mol. The number of pyridine rings is 1. The molecular formula is C30H26Cl2FN3O5. The van der Waals surface area contributed by atoms with Crippen LogP contribution in [0.3, 0.4) is 0 Å². The van der Waals surface area contributed by atoms with Crippen molar-refractivity contribution in [1.82, 2.24) is 10.1 Å². The molecule has 6 rings (SSSR count). The highest BCUT2D eigenvalue weighted by atomic mass is 35.5. The number of hydrogen-bond acceptors (Lipinski definition) is 7. The van der Waals surface area contributed by atoms with E-state index in [-0.39, 0.29) is 31.1 Å². The van der Waals surface area contributed by atoms with Crippen molar-refractivity contribution in [2.24, 2.45) is 0 Å². The lowest BCUT2D eigenvalue weighted by Crippen LogP contribution is -2.60. The summed E-state index contributed by atoms with van der Waals surface area (Å²) in [6.07, 6.45) is 3.14. The molecule has 1 aliphatic heterocycles. The summed E-state index contributed by atoms with van der Waals surface area (Å²) in [7, 11) is 0. The predicted octanol–water partition coefficient (Wildman–Crippen LogP) is 6.66. The molecule has 0 radical (unpaired) electrons. The molecule has 1 saturated carbocycles. The molecule has 2 fully saturated rings. The van der Waals surface area contributed by atoms with Crippen LogP contribution >= 0.6 is 23.2 Å². The molecule has 8 nitrogen and oxygen atoms in total. The van der Waals surface area contributed by atoms with E-state index >= 15 is 0 Å². The number of anilines is 1. The fraction of sp³-hybridized carbons (Fsp3) is 0.300. The van der Waals surface area contributed by atoms with Gasteiger partial charge in [0, 0.05) is 23.2 Å². The number of carboxylic acid groups (broad SMARTS) is 1. The van der Waals surface area contributed by atoms with E-state index in [1.54, 1.807) is 18.2 Å². The number of hydrogen-bond donors (Lipinski definition) is 2. The average Bonchev–Trinajstić information content (AvgIpc) is 3.65. The van der Waals surface area contributed by atoms with Gasteiger partial charge in [0.2, 0.25) is 0 Å². The molecule has 0 spiro atoms. The standard InChI is InChI=1S/C30H26Cl2FN3O5/c1-15-7-16(2)25(23(32)8-15)26-20(27(41-35-26)17-3-4-17)12-40-19-5-6-21(22(31)10-19)30(39)13-36(14-30)28-24(33)9-18(11-34-28)29(37)38/h5-11,17,39H,3-4,12-14H2,1-2H3,(H,37,38). The first-order valence-electron chi connectivity index (χ1n) is 13.1. The molecule has 3 heterocycles. The zero-order valence-electron chi connectivity index (χ0n) is 22.2. The van der Waals surface area contributed by atoms with Crippen molar-refractivity contribution >= 4 is 35.0 Å². The maximum absolute atomic E-state index is 14.4. The van der Waals surface area contributed by atoms with E-state index in [0.717, 1.165) is 53.1 Å². The highest BCUT2D eigenvalue weighted by molar-refractivity contribution is 6.33. The van der Waals surface area contributed by atoms with E-state index < -0.39 is 17.4 Å². The highest BCUT2D eigenvalue weighted by Crippen LogP contribution is 2.46. The lowest BCUT2D eigenvalue weighted by atomic mass is 9.86. The number of rotatable bonds is 8. The summed E-state index contributed by atoms with van der Waals surface area (Å²) in [5, 5.41) is 25.5. The van der Waals surface area contributed by atoms with Gasteiger partial charge in [-0.25, -0.2) is 14.2 Å². The van der Waals surface area contributed by atoms with Crippen molar-refractivity contribution in [1.29, 1.82) is 0 Å². The second kappa shape index (κ2) is 10.3. The first-order chi connectivity index (χ1) is 19.5. The number of nitrogens with zero attached hydrogens (tertiary/aromatic N) is 3. The van der Waals surface area contributed by atoms with Crippen LogP contribution in [0.2, 0.25) is 10.0 Å². The third-order valence-corrected chi connectivity index (χ3v) is 8.14. The van der Waals surface area contributed by atoms with Crippen LogP contribution in [0.4, 0.5) is 10.2 Å². The van der Waals surface area contributed by atoms with Gasteiger partial charge in [0.15, 0.2) is 11.6 Å². The first-order valence-corrected chi connectivity index (χ1v) is 13.8. The molecule has 1 saturated heterocycles. The molecule has 1 aliphatic carbocycles. The monoisotopic (exact) mass is 597 g/mol. The lowest BCUT2D eigenvalue weighted by molar-refractivity contribution is 0.00670. The van der Waals surface area contributed by atoms with Crippen LogP contribution in [-0.4, -0.2) is 39.4 Å². The van der Waals surface area contributed by atoms with Gasteiger partial charge in [0.1, 0.15) is 29.4 Å². The van der Waals surface area contributed by atoms with Crippen LogP contribution < -0.4 is 9.64 Å². The first kappa shape index (κ1) is 27.5. The number of aryl methyl sites for hydroxylation is 2. The Morgan fingerprint density at radius 2 is 1.93 bits per heavy atom. The minimum atomic E-state index is -1.34. The molecule has 0 atom stereocenters.